The molecule has 3 fully saturated rings. The van der Waals surface area contributed by atoms with Gasteiger partial charge in [0.05, 0.1) is 6.10 Å². The molecule has 0 aromatic heterocycles. The molecular formula is C14H26N2O. The Kier molecular flexibility index (Phi) is 3.42. The van der Waals surface area contributed by atoms with E-state index in [9.17, 15) is 0 Å². The van der Waals surface area contributed by atoms with Crippen LogP contribution in [0.1, 0.15) is 32.6 Å². The Morgan fingerprint density at radius 2 is 2.12 bits per heavy atom. The molecule has 0 amide bonds. The van der Waals surface area contributed by atoms with Gasteiger partial charge in [0, 0.05) is 13.2 Å². The Balaban J connectivity index is 1.36. The third-order valence-corrected chi connectivity index (χ3v) is 5.29. The normalized spacial score (nSPS) is 39.7. The van der Waals surface area contributed by atoms with Crippen molar-refractivity contribution < 1.29 is 4.74 Å². The zero-order valence-electron chi connectivity index (χ0n) is 11.0. The highest BCUT2D eigenvalue weighted by Gasteiger charge is 2.53. The third-order valence-electron chi connectivity index (χ3n) is 5.29. The molecular weight excluding hydrogens is 212 g/mol. The molecule has 2 saturated heterocycles. The Hall–Kier alpha value is -0.120. The van der Waals surface area contributed by atoms with Crippen LogP contribution in [0.5, 0.6) is 0 Å². The molecule has 0 bridgehead atoms. The lowest BCUT2D eigenvalue weighted by atomic mass is 9.92. The standard InChI is InChI=1S/C14H26N2O/c1-11-12(2-7-17-11)9-16-10-13-8-14(13)3-5-15-6-4-14/h11-13,15-16H,2-10H2,1H3. The average molecular weight is 238 g/mol. The number of hydrogen-bond acceptors (Lipinski definition) is 3. The number of ether oxygens (including phenoxy) is 1. The molecule has 3 rings (SSSR count). The van der Waals surface area contributed by atoms with Gasteiger partial charge in [-0.3, -0.25) is 0 Å². The van der Waals surface area contributed by atoms with Crippen molar-refractivity contribution >= 4 is 0 Å². The maximum Gasteiger partial charge on any atom is 0.0588 e. The van der Waals surface area contributed by atoms with E-state index in [1.165, 1.54) is 45.3 Å². The molecule has 0 aromatic rings. The molecule has 98 valence electrons. The summed E-state index contributed by atoms with van der Waals surface area (Å²) in [6.45, 7) is 8.06. The third kappa shape index (κ3) is 2.51. The van der Waals surface area contributed by atoms with Gasteiger partial charge in [-0.1, -0.05) is 0 Å². The summed E-state index contributed by atoms with van der Waals surface area (Å²) in [5.41, 5.74) is 0.732. The van der Waals surface area contributed by atoms with Crippen LogP contribution in [-0.2, 0) is 4.74 Å². The van der Waals surface area contributed by atoms with Crippen LogP contribution >= 0.6 is 0 Å². The van der Waals surface area contributed by atoms with Gasteiger partial charge < -0.3 is 15.4 Å². The van der Waals surface area contributed by atoms with Crippen LogP contribution in [0.4, 0.5) is 0 Å². The molecule has 2 N–H and O–H groups in total. The van der Waals surface area contributed by atoms with Crippen LogP contribution in [0, 0.1) is 17.3 Å². The van der Waals surface area contributed by atoms with Gasteiger partial charge in [-0.2, -0.15) is 0 Å². The van der Waals surface area contributed by atoms with Crippen molar-refractivity contribution in [2.45, 2.75) is 38.7 Å². The summed E-state index contributed by atoms with van der Waals surface area (Å²) in [6, 6.07) is 0. The molecule has 3 aliphatic rings. The van der Waals surface area contributed by atoms with Gasteiger partial charge in [0.1, 0.15) is 0 Å². The molecule has 1 spiro atoms. The fourth-order valence-corrected chi connectivity index (χ4v) is 3.74. The van der Waals surface area contributed by atoms with E-state index in [2.05, 4.69) is 17.6 Å². The van der Waals surface area contributed by atoms with E-state index in [1.807, 2.05) is 0 Å². The lowest BCUT2D eigenvalue weighted by molar-refractivity contribution is 0.105. The van der Waals surface area contributed by atoms with Crippen LogP contribution < -0.4 is 10.6 Å². The van der Waals surface area contributed by atoms with Crippen molar-refractivity contribution in [3.05, 3.63) is 0 Å². The van der Waals surface area contributed by atoms with E-state index in [4.69, 9.17) is 4.74 Å². The maximum absolute atomic E-state index is 5.60. The summed E-state index contributed by atoms with van der Waals surface area (Å²) >= 11 is 0. The second-order valence-corrected chi connectivity index (χ2v) is 6.30. The first-order valence-corrected chi connectivity index (χ1v) is 7.33. The summed E-state index contributed by atoms with van der Waals surface area (Å²) < 4.78 is 5.60. The van der Waals surface area contributed by atoms with Gasteiger partial charge in [0.25, 0.3) is 0 Å². The average Bonchev–Trinajstić information content (AvgIpc) is 2.81. The highest BCUT2D eigenvalue weighted by Crippen LogP contribution is 2.58. The summed E-state index contributed by atoms with van der Waals surface area (Å²) in [5, 5.41) is 7.16. The van der Waals surface area contributed by atoms with Gasteiger partial charge in [0.2, 0.25) is 0 Å². The van der Waals surface area contributed by atoms with Crippen LogP contribution in [-0.4, -0.2) is 38.9 Å². The first kappa shape index (κ1) is 11.9. The van der Waals surface area contributed by atoms with E-state index in [0.717, 1.165) is 30.4 Å². The van der Waals surface area contributed by atoms with Crippen molar-refractivity contribution in [2.24, 2.45) is 17.3 Å². The van der Waals surface area contributed by atoms with Gasteiger partial charge in [-0.25, -0.2) is 0 Å². The lowest BCUT2D eigenvalue weighted by Crippen LogP contribution is -2.33. The minimum atomic E-state index is 0.467. The number of nitrogens with one attached hydrogen (secondary N) is 2. The van der Waals surface area contributed by atoms with Crippen LogP contribution in [0.15, 0.2) is 0 Å². The van der Waals surface area contributed by atoms with Gasteiger partial charge in [-0.15, -0.1) is 0 Å². The zero-order valence-corrected chi connectivity index (χ0v) is 11.0. The second kappa shape index (κ2) is 4.87. The van der Waals surface area contributed by atoms with E-state index in [1.54, 1.807) is 0 Å². The van der Waals surface area contributed by atoms with Gasteiger partial charge in [0.15, 0.2) is 0 Å². The van der Waals surface area contributed by atoms with Crippen molar-refractivity contribution in [3.8, 4) is 0 Å². The molecule has 3 heteroatoms. The Morgan fingerprint density at radius 1 is 1.29 bits per heavy atom. The highest BCUT2D eigenvalue weighted by molar-refractivity contribution is 5.05. The molecule has 2 heterocycles. The quantitative estimate of drug-likeness (QED) is 0.776. The fourth-order valence-electron chi connectivity index (χ4n) is 3.74. The van der Waals surface area contributed by atoms with Crippen molar-refractivity contribution in [3.63, 3.8) is 0 Å². The summed E-state index contributed by atoms with van der Waals surface area (Å²) in [5.74, 6) is 1.71. The minimum Gasteiger partial charge on any atom is -0.378 e. The first-order chi connectivity index (χ1) is 8.30. The summed E-state index contributed by atoms with van der Waals surface area (Å²) in [4.78, 5) is 0. The molecule has 0 radical (unpaired) electrons. The van der Waals surface area contributed by atoms with Crippen molar-refractivity contribution in [1.29, 1.82) is 0 Å². The Morgan fingerprint density at radius 3 is 2.82 bits per heavy atom. The molecule has 17 heavy (non-hydrogen) atoms. The molecule has 0 aromatic carbocycles. The molecule has 2 aliphatic heterocycles. The zero-order chi connectivity index (χ0) is 11.7. The number of hydrogen-bond donors (Lipinski definition) is 2. The predicted molar refractivity (Wildman–Crippen MR) is 69.0 cm³/mol. The Labute approximate surface area is 105 Å². The van der Waals surface area contributed by atoms with Crippen LogP contribution in [0.3, 0.4) is 0 Å². The first-order valence-electron chi connectivity index (χ1n) is 7.33. The molecule has 3 unspecified atom stereocenters. The summed E-state index contributed by atoms with van der Waals surface area (Å²) in [7, 11) is 0. The highest BCUT2D eigenvalue weighted by atomic mass is 16.5. The van der Waals surface area contributed by atoms with E-state index < -0.39 is 0 Å². The molecule has 1 aliphatic carbocycles. The molecule has 1 saturated carbocycles. The number of rotatable bonds is 4. The second-order valence-electron chi connectivity index (χ2n) is 6.30. The predicted octanol–water partition coefficient (Wildman–Crippen LogP) is 1.39. The summed E-state index contributed by atoms with van der Waals surface area (Å²) in [6.07, 6.45) is 5.99. The Bertz CT molecular complexity index is 263. The van der Waals surface area contributed by atoms with E-state index >= 15 is 0 Å². The van der Waals surface area contributed by atoms with Crippen LogP contribution in [0.2, 0.25) is 0 Å². The molecule has 3 nitrogen and oxygen atoms in total. The van der Waals surface area contributed by atoms with Crippen LogP contribution in [0.25, 0.3) is 0 Å². The van der Waals surface area contributed by atoms with E-state index in [-0.39, 0.29) is 0 Å². The van der Waals surface area contributed by atoms with Crippen molar-refractivity contribution in [2.75, 3.05) is 32.8 Å². The van der Waals surface area contributed by atoms with Crippen molar-refractivity contribution in [1.82, 2.24) is 10.6 Å². The van der Waals surface area contributed by atoms with Gasteiger partial charge >= 0.3 is 0 Å². The molecule has 3 atom stereocenters. The maximum atomic E-state index is 5.60. The van der Waals surface area contributed by atoms with E-state index in [0.29, 0.717) is 6.10 Å². The fraction of sp³-hybridized carbons (Fsp3) is 1.00. The van der Waals surface area contributed by atoms with Gasteiger partial charge in [-0.05, 0) is 69.5 Å². The monoisotopic (exact) mass is 238 g/mol. The smallest absolute Gasteiger partial charge is 0.0588 e. The lowest BCUT2D eigenvalue weighted by Gasteiger charge is -2.24. The topological polar surface area (TPSA) is 33.3 Å². The minimum absolute atomic E-state index is 0.467. The number of piperidine rings is 1. The SMILES string of the molecule is CC1OCCC1CNCC1CC12CCNCC2. The largest absolute Gasteiger partial charge is 0.378 e.